The third-order valence-electron chi connectivity index (χ3n) is 2.47. The molecule has 0 saturated carbocycles. The lowest BCUT2D eigenvalue weighted by atomic mass is 10.2. The molecule has 1 heterocycles. The van der Waals surface area contributed by atoms with Crippen LogP contribution in [-0.4, -0.2) is 29.8 Å². The first kappa shape index (κ1) is 14.6. The van der Waals surface area contributed by atoms with Gasteiger partial charge in [0.1, 0.15) is 5.82 Å². The lowest BCUT2D eigenvalue weighted by Gasteiger charge is -2.10. The highest BCUT2D eigenvalue weighted by Gasteiger charge is 2.03. The summed E-state index contributed by atoms with van der Waals surface area (Å²) in [6, 6.07) is 3.65. The first-order valence-electron chi connectivity index (χ1n) is 6.52. The van der Waals surface area contributed by atoms with Crippen LogP contribution in [-0.2, 0) is 0 Å². The number of nitrogens with zero attached hydrogens (tertiary/aromatic N) is 1. The van der Waals surface area contributed by atoms with Crippen molar-refractivity contribution < 1.29 is 9.84 Å². The van der Waals surface area contributed by atoms with Gasteiger partial charge < -0.3 is 20.9 Å². The second-order valence-corrected chi connectivity index (χ2v) is 4.15. The Morgan fingerprint density at radius 3 is 2.89 bits per heavy atom. The number of hydrogen-bond donors (Lipinski definition) is 3. The molecular formula is C13H23N3O2. The number of pyridine rings is 1. The molecule has 5 heteroatoms. The molecule has 0 radical (unpaired) electrons. The average Bonchev–Trinajstić information content (AvgIpc) is 2.39. The standard InChI is InChI=1S/C13H23N3O2/c1-2-10-18-13-11(14)6-7-12(16-13)15-8-4-3-5-9-17/h6-7,17H,2-5,8-10,14H2,1H3,(H,15,16). The topological polar surface area (TPSA) is 80.4 Å². The summed E-state index contributed by atoms with van der Waals surface area (Å²) in [5.74, 6) is 1.27. The molecule has 102 valence electrons. The molecule has 0 aliphatic rings. The molecule has 0 aliphatic carbocycles. The Kier molecular flexibility index (Phi) is 6.94. The van der Waals surface area contributed by atoms with Crippen LogP contribution in [0, 0.1) is 0 Å². The molecular weight excluding hydrogens is 230 g/mol. The molecule has 0 aliphatic heterocycles. The fraction of sp³-hybridized carbons (Fsp3) is 0.615. The Balaban J connectivity index is 2.40. The summed E-state index contributed by atoms with van der Waals surface area (Å²) in [7, 11) is 0. The van der Waals surface area contributed by atoms with Crippen molar-refractivity contribution in [1.82, 2.24) is 4.98 Å². The number of aromatic nitrogens is 1. The molecule has 0 atom stereocenters. The number of ether oxygens (including phenoxy) is 1. The molecule has 0 aromatic carbocycles. The largest absolute Gasteiger partial charge is 0.476 e. The first-order valence-corrected chi connectivity index (χ1v) is 6.52. The summed E-state index contributed by atoms with van der Waals surface area (Å²) >= 11 is 0. The number of nitrogen functional groups attached to an aromatic ring is 1. The number of nitrogens with one attached hydrogen (secondary N) is 1. The normalized spacial score (nSPS) is 10.3. The quantitative estimate of drug-likeness (QED) is 0.587. The minimum Gasteiger partial charge on any atom is -0.476 e. The van der Waals surface area contributed by atoms with Crippen LogP contribution in [0.3, 0.4) is 0 Å². The van der Waals surface area contributed by atoms with E-state index >= 15 is 0 Å². The van der Waals surface area contributed by atoms with E-state index in [1.807, 2.05) is 13.0 Å². The van der Waals surface area contributed by atoms with Crippen molar-refractivity contribution in [3.05, 3.63) is 12.1 Å². The SMILES string of the molecule is CCCOc1nc(NCCCCCO)ccc1N. The molecule has 5 nitrogen and oxygen atoms in total. The van der Waals surface area contributed by atoms with E-state index in [1.165, 1.54) is 0 Å². The molecule has 0 amide bonds. The van der Waals surface area contributed by atoms with E-state index < -0.39 is 0 Å². The van der Waals surface area contributed by atoms with Gasteiger partial charge in [0.15, 0.2) is 0 Å². The van der Waals surface area contributed by atoms with Gasteiger partial charge in [0.25, 0.3) is 0 Å². The smallest absolute Gasteiger partial charge is 0.239 e. The lowest BCUT2D eigenvalue weighted by Crippen LogP contribution is -2.07. The van der Waals surface area contributed by atoms with Gasteiger partial charge in [-0.1, -0.05) is 6.92 Å². The van der Waals surface area contributed by atoms with Gasteiger partial charge in [-0.05, 0) is 37.8 Å². The van der Waals surface area contributed by atoms with Crippen LogP contribution in [0.4, 0.5) is 11.5 Å². The van der Waals surface area contributed by atoms with E-state index in [0.717, 1.165) is 38.0 Å². The minimum absolute atomic E-state index is 0.259. The number of aliphatic hydroxyl groups excluding tert-OH is 1. The fourth-order valence-corrected chi connectivity index (χ4v) is 1.49. The highest BCUT2D eigenvalue weighted by atomic mass is 16.5. The zero-order valence-corrected chi connectivity index (χ0v) is 11.0. The molecule has 1 aromatic rings. The van der Waals surface area contributed by atoms with Crippen molar-refractivity contribution in [1.29, 1.82) is 0 Å². The van der Waals surface area contributed by atoms with E-state index in [0.29, 0.717) is 18.2 Å². The maximum Gasteiger partial charge on any atom is 0.239 e. The number of hydrogen-bond acceptors (Lipinski definition) is 5. The summed E-state index contributed by atoms with van der Waals surface area (Å²) in [6.45, 7) is 3.76. The van der Waals surface area contributed by atoms with E-state index in [-0.39, 0.29) is 6.61 Å². The predicted molar refractivity (Wildman–Crippen MR) is 73.9 cm³/mol. The van der Waals surface area contributed by atoms with Crippen molar-refractivity contribution >= 4 is 11.5 Å². The summed E-state index contributed by atoms with van der Waals surface area (Å²) in [4.78, 5) is 4.32. The van der Waals surface area contributed by atoms with E-state index in [9.17, 15) is 0 Å². The highest BCUT2D eigenvalue weighted by molar-refractivity contribution is 5.53. The molecule has 0 spiro atoms. The van der Waals surface area contributed by atoms with Crippen LogP contribution < -0.4 is 15.8 Å². The molecule has 4 N–H and O–H groups in total. The van der Waals surface area contributed by atoms with Gasteiger partial charge in [-0.3, -0.25) is 0 Å². The first-order chi connectivity index (χ1) is 8.77. The Labute approximate surface area is 108 Å². The predicted octanol–water partition coefficient (Wildman–Crippen LogP) is 2.03. The van der Waals surface area contributed by atoms with E-state index in [4.69, 9.17) is 15.6 Å². The van der Waals surface area contributed by atoms with Crippen LogP contribution in [0.1, 0.15) is 32.6 Å². The number of anilines is 2. The fourth-order valence-electron chi connectivity index (χ4n) is 1.49. The van der Waals surface area contributed by atoms with E-state index in [1.54, 1.807) is 6.07 Å². The average molecular weight is 253 g/mol. The Bertz CT molecular complexity index is 345. The second kappa shape index (κ2) is 8.58. The van der Waals surface area contributed by atoms with Gasteiger partial charge in [-0.15, -0.1) is 0 Å². The Morgan fingerprint density at radius 1 is 1.33 bits per heavy atom. The van der Waals surface area contributed by atoms with Gasteiger partial charge in [-0.2, -0.15) is 4.98 Å². The number of unbranched alkanes of at least 4 members (excludes halogenated alkanes) is 2. The third-order valence-corrected chi connectivity index (χ3v) is 2.47. The van der Waals surface area contributed by atoms with Crippen LogP contribution in [0.25, 0.3) is 0 Å². The number of aliphatic hydroxyl groups is 1. The van der Waals surface area contributed by atoms with Crippen LogP contribution in [0.15, 0.2) is 12.1 Å². The molecule has 1 rings (SSSR count). The van der Waals surface area contributed by atoms with Gasteiger partial charge in [0.2, 0.25) is 5.88 Å². The Morgan fingerprint density at radius 2 is 2.17 bits per heavy atom. The maximum atomic E-state index is 8.67. The van der Waals surface area contributed by atoms with Crippen molar-refractivity contribution in [2.45, 2.75) is 32.6 Å². The van der Waals surface area contributed by atoms with Crippen LogP contribution in [0.5, 0.6) is 5.88 Å². The Hall–Kier alpha value is -1.49. The summed E-state index contributed by atoms with van der Waals surface area (Å²) in [5.41, 5.74) is 6.35. The van der Waals surface area contributed by atoms with Crippen molar-refractivity contribution in [3.8, 4) is 5.88 Å². The lowest BCUT2D eigenvalue weighted by molar-refractivity contribution is 0.283. The minimum atomic E-state index is 0.259. The van der Waals surface area contributed by atoms with Gasteiger partial charge in [0.05, 0.1) is 12.3 Å². The van der Waals surface area contributed by atoms with Crippen molar-refractivity contribution in [2.24, 2.45) is 0 Å². The van der Waals surface area contributed by atoms with Crippen LogP contribution in [0.2, 0.25) is 0 Å². The third kappa shape index (κ3) is 5.23. The van der Waals surface area contributed by atoms with Crippen molar-refractivity contribution in [3.63, 3.8) is 0 Å². The molecule has 0 unspecified atom stereocenters. The summed E-state index contributed by atoms with van der Waals surface area (Å²) in [5, 5.41) is 11.9. The molecule has 0 saturated heterocycles. The van der Waals surface area contributed by atoms with Gasteiger partial charge in [0, 0.05) is 13.2 Å². The van der Waals surface area contributed by atoms with Gasteiger partial charge in [-0.25, -0.2) is 0 Å². The van der Waals surface area contributed by atoms with E-state index in [2.05, 4.69) is 10.3 Å². The zero-order chi connectivity index (χ0) is 13.2. The monoisotopic (exact) mass is 253 g/mol. The molecule has 18 heavy (non-hydrogen) atoms. The summed E-state index contributed by atoms with van der Waals surface area (Å²) in [6.07, 6.45) is 3.80. The highest BCUT2D eigenvalue weighted by Crippen LogP contribution is 2.20. The van der Waals surface area contributed by atoms with Crippen LogP contribution >= 0.6 is 0 Å². The molecule has 0 fully saturated rings. The number of nitrogens with two attached hydrogens (primary N) is 1. The van der Waals surface area contributed by atoms with Gasteiger partial charge >= 0.3 is 0 Å². The molecule has 1 aromatic heterocycles. The zero-order valence-electron chi connectivity index (χ0n) is 11.0. The van der Waals surface area contributed by atoms with Crippen molar-refractivity contribution in [2.75, 3.05) is 30.8 Å². The maximum absolute atomic E-state index is 8.67. The summed E-state index contributed by atoms with van der Waals surface area (Å²) < 4.78 is 5.46. The molecule has 0 bridgehead atoms. The number of rotatable bonds is 9. The second-order valence-electron chi connectivity index (χ2n) is 4.15.